The lowest BCUT2D eigenvalue weighted by molar-refractivity contribution is -0.140. The Kier molecular flexibility index (Phi) is 6.72. The van der Waals surface area contributed by atoms with Crippen molar-refractivity contribution in [3.8, 4) is 0 Å². The lowest BCUT2D eigenvalue weighted by Gasteiger charge is -2.34. The van der Waals surface area contributed by atoms with Crippen molar-refractivity contribution < 1.29 is 22.8 Å². The Balaban J connectivity index is 1.33. The van der Waals surface area contributed by atoms with Gasteiger partial charge in [0.25, 0.3) is 0 Å². The van der Waals surface area contributed by atoms with Gasteiger partial charge in [-0.05, 0) is 55.4 Å². The summed E-state index contributed by atoms with van der Waals surface area (Å²) >= 11 is 0. The van der Waals surface area contributed by atoms with Gasteiger partial charge in [-0.15, -0.1) is 0 Å². The van der Waals surface area contributed by atoms with Gasteiger partial charge in [-0.25, -0.2) is 8.42 Å². The standard InChI is InChI=1S/C24H31N3O5S/c1-16-13-17(2)15-26(14-16)33(31,32)19-9-7-18(8-10-19)25-22(28)11-12-27-23(29)20-5-3-4-6-21(20)24(27)30/h3-4,7-10,16-17,20-21H,5-6,11-15H2,1-2H3,(H,25,28)/t16-,17+,20-,21-/m0/s1. The summed E-state index contributed by atoms with van der Waals surface area (Å²) in [6.07, 6.45) is 6.01. The molecule has 2 saturated heterocycles. The van der Waals surface area contributed by atoms with Gasteiger partial charge in [0.2, 0.25) is 27.7 Å². The fourth-order valence-corrected chi connectivity index (χ4v) is 6.87. The molecule has 3 aliphatic rings. The van der Waals surface area contributed by atoms with E-state index >= 15 is 0 Å². The molecule has 1 aromatic carbocycles. The summed E-state index contributed by atoms with van der Waals surface area (Å²) in [6, 6.07) is 6.13. The number of benzene rings is 1. The number of nitrogens with one attached hydrogen (secondary N) is 1. The number of allylic oxidation sites excluding steroid dienone is 2. The van der Waals surface area contributed by atoms with Crippen molar-refractivity contribution in [3.63, 3.8) is 0 Å². The number of amides is 3. The molecule has 4 atom stereocenters. The van der Waals surface area contributed by atoms with Crippen molar-refractivity contribution in [2.75, 3.05) is 25.0 Å². The Hall–Kier alpha value is -2.52. The number of likely N-dealkylation sites (tertiary alicyclic amines) is 1. The first-order valence-corrected chi connectivity index (χ1v) is 13.0. The predicted octanol–water partition coefficient (Wildman–Crippen LogP) is 2.63. The maximum absolute atomic E-state index is 13.0. The molecular weight excluding hydrogens is 442 g/mol. The number of carbonyl (C=O) groups excluding carboxylic acids is 3. The Morgan fingerprint density at radius 1 is 0.970 bits per heavy atom. The number of sulfonamides is 1. The maximum Gasteiger partial charge on any atom is 0.243 e. The van der Waals surface area contributed by atoms with E-state index < -0.39 is 10.0 Å². The molecule has 33 heavy (non-hydrogen) atoms. The van der Waals surface area contributed by atoms with E-state index in [9.17, 15) is 22.8 Å². The van der Waals surface area contributed by atoms with E-state index in [2.05, 4.69) is 19.2 Å². The Labute approximate surface area is 195 Å². The SMILES string of the molecule is C[C@@H]1C[C@H](C)CN(S(=O)(=O)c2ccc(NC(=O)CCN3C(=O)[C@H]4CC=CC[C@@H]4C3=O)cc2)C1. The summed E-state index contributed by atoms with van der Waals surface area (Å²) in [5.41, 5.74) is 0.469. The lowest BCUT2D eigenvalue weighted by Crippen LogP contribution is -2.42. The molecule has 9 heteroatoms. The molecule has 4 rings (SSSR count). The largest absolute Gasteiger partial charge is 0.326 e. The summed E-state index contributed by atoms with van der Waals surface area (Å²) in [4.78, 5) is 38.8. The van der Waals surface area contributed by atoms with E-state index in [-0.39, 0.29) is 47.4 Å². The molecule has 2 fully saturated rings. The van der Waals surface area contributed by atoms with Crippen LogP contribution in [0.4, 0.5) is 5.69 Å². The molecule has 0 saturated carbocycles. The Morgan fingerprint density at radius 2 is 1.52 bits per heavy atom. The van der Waals surface area contributed by atoms with Crippen LogP contribution in [0.25, 0.3) is 0 Å². The zero-order chi connectivity index (χ0) is 23.8. The van der Waals surface area contributed by atoms with Crippen LogP contribution in [0.1, 0.15) is 39.5 Å². The number of rotatable bonds is 6. The molecule has 1 aliphatic carbocycles. The third kappa shape index (κ3) is 4.89. The van der Waals surface area contributed by atoms with Gasteiger partial charge >= 0.3 is 0 Å². The zero-order valence-corrected chi connectivity index (χ0v) is 19.9. The quantitative estimate of drug-likeness (QED) is 0.505. The molecule has 0 bridgehead atoms. The minimum atomic E-state index is -3.58. The fourth-order valence-electron chi connectivity index (χ4n) is 5.19. The highest BCUT2D eigenvalue weighted by molar-refractivity contribution is 7.89. The second-order valence-corrected chi connectivity index (χ2v) is 11.5. The number of piperidine rings is 1. The van der Waals surface area contributed by atoms with Crippen molar-refractivity contribution in [1.82, 2.24) is 9.21 Å². The van der Waals surface area contributed by atoms with Gasteiger partial charge in [0.1, 0.15) is 0 Å². The molecule has 178 valence electrons. The third-order valence-electron chi connectivity index (χ3n) is 6.77. The van der Waals surface area contributed by atoms with Gasteiger partial charge in [0.05, 0.1) is 16.7 Å². The highest BCUT2D eigenvalue weighted by Crippen LogP contribution is 2.35. The van der Waals surface area contributed by atoms with Gasteiger partial charge in [-0.1, -0.05) is 26.0 Å². The van der Waals surface area contributed by atoms with Crippen molar-refractivity contribution >= 4 is 33.4 Å². The summed E-state index contributed by atoms with van der Waals surface area (Å²) < 4.78 is 27.5. The van der Waals surface area contributed by atoms with Crippen LogP contribution in [0.2, 0.25) is 0 Å². The summed E-state index contributed by atoms with van der Waals surface area (Å²) in [6.45, 7) is 5.19. The van der Waals surface area contributed by atoms with Crippen LogP contribution in [-0.2, 0) is 24.4 Å². The predicted molar refractivity (Wildman–Crippen MR) is 123 cm³/mol. The van der Waals surface area contributed by atoms with Gasteiger partial charge < -0.3 is 5.32 Å². The number of fused-ring (bicyclic) bond motifs is 1. The number of anilines is 1. The average Bonchev–Trinajstić information content (AvgIpc) is 3.02. The second kappa shape index (κ2) is 9.38. The van der Waals surface area contributed by atoms with Crippen molar-refractivity contribution in [2.24, 2.45) is 23.7 Å². The van der Waals surface area contributed by atoms with Crippen LogP contribution in [0.15, 0.2) is 41.3 Å². The van der Waals surface area contributed by atoms with Crippen LogP contribution >= 0.6 is 0 Å². The average molecular weight is 474 g/mol. The first-order valence-electron chi connectivity index (χ1n) is 11.6. The van der Waals surface area contributed by atoms with Crippen molar-refractivity contribution in [3.05, 3.63) is 36.4 Å². The summed E-state index contributed by atoms with van der Waals surface area (Å²) in [7, 11) is -3.58. The number of nitrogens with zero attached hydrogens (tertiary/aromatic N) is 2. The maximum atomic E-state index is 13.0. The van der Waals surface area contributed by atoms with E-state index in [4.69, 9.17) is 0 Å². The first kappa shape index (κ1) is 23.6. The van der Waals surface area contributed by atoms with Crippen molar-refractivity contribution in [2.45, 2.75) is 44.4 Å². The first-order chi connectivity index (χ1) is 15.7. The highest BCUT2D eigenvalue weighted by atomic mass is 32.2. The van der Waals surface area contributed by atoms with E-state index in [0.717, 1.165) is 6.42 Å². The smallest absolute Gasteiger partial charge is 0.243 e. The monoisotopic (exact) mass is 473 g/mol. The molecule has 0 spiro atoms. The molecule has 2 heterocycles. The molecule has 0 unspecified atom stereocenters. The van der Waals surface area contributed by atoms with Crippen LogP contribution in [0.5, 0.6) is 0 Å². The van der Waals surface area contributed by atoms with Gasteiger partial charge in [0, 0.05) is 31.7 Å². The van der Waals surface area contributed by atoms with Gasteiger partial charge in [0.15, 0.2) is 0 Å². The molecule has 3 amide bonds. The van der Waals surface area contributed by atoms with Gasteiger partial charge in [-0.2, -0.15) is 4.31 Å². The van der Waals surface area contributed by atoms with E-state index in [0.29, 0.717) is 43.5 Å². The summed E-state index contributed by atoms with van der Waals surface area (Å²) in [5, 5.41) is 2.72. The number of hydrogen-bond donors (Lipinski definition) is 1. The van der Waals surface area contributed by atoms with Crippen LogP contribution in [0.3, 0.4) is 0 Å². The van der Waals surface area contributed by atoms with E-state index in [1.54, 1.807) is 12.1 Å². The molecule has 1 N–H and O–H groups in total. The number of imide groups is 1. The van der Waals surface area contributed by atoms with Gasteiger partial charge in [-0.3, -0.25) is 19.3 Å². The topological polar surface area (TPSA) is 104 Å². The van der Waals surface area contributed by atoms with Crippen molar-refractivity contribution in [1.29, 1.82) is 0 Å². The zero-order valence-electron chi connectivity index (χ0n) is 19.1. The summed E-state index contributed by atoms with van der Waals surface area (Å²) in [5.74, 6) is -0.695. The molecule has 0 radical (unpaired) electrons. The minimum Gasteiger partial charge on any atom is -0.326 e. The molecule has 0 aromatic heterocycles. The normalized spacial score (nSPS) is 28.1. The molecule has 8 nitrogen and oxygen atoms in total. The number of carbonyl (C=O) groups is 3. The lowest BCUT2D eigenvalue weighted by atomic mass is 9.85. The minimum absolute atomic E-state index is 0.00600. The van der Waals surface area contributed by atoms with Crippen LogP contribution in [-0.4, -0.2) is 55.0 Å². The fraction of sp³-hybridized carbons (Fsp3) is 0.542. The Bertz CT molecular complexity index is 1030. The van der Waals surface area contributed by atoms with E-state index in [1.807, 2.05) is 12.2 Å². The molecule has 2 aliphatic heterocycles. The third-order valence-corrected chi connectivity index (χ3v) is 8.62. The van der Waals surface area contributed by atoms with Crippen LogP contribution in [0, 0.1) is 23.7 Å². The van der Waals surface area contributed by atoms with E-state index in [1.165, 1.54) is 21.3 Å². The molecular formula is C24H31N3O5S. The molecule has 1 aromatic rings. The second-order valence-electron chi connectivity index (χ2n) is 9.57. The number of hydrogen-bond acceptors (Lipinski definition) is 5. The highest BCUT2D eigenvalue weighted by Gasteiger charge is 2.46. The Morgan fingerprint density at radius 3 is 2.06 bits per heavy atom. The van der Waals surface area contributed by atoms with Crippen LogP contribution < -0.4 is 5.32 Å².